The Morgan fingerprint density at radius 1 is 1.26 bits per heavy atom. The van der Waals surface area contributed by atoms with Crippen molar-refractivity contribution in [2.24, 2.45) is 0 Å². The van der Waals surface area contributed by atoms with E-state index in [0.29, 0.717) is 39.3 Å². The van der Waals surface area contributed by atoms with Crippen molar-refractivity contribution in [3.8, 4) is 5.69 Å². The van der Waals surface area contributed by atoms with E-state index in [2.05, 4.69) is 24.2 Å². The van der Waals surface area contributed by atoms with Gasteiger partial charge in [0.1, 0.15) is 5.82 Å². The minimum Gasteiger partial charge on any atom is -0.396 e. The van der Waals surface area contributed by atoms with E-state index in [0.717, 1.165) is 17.3 Å². The summed E-state index contributed by atoms with van der Waals surface area (Å²) < 4.78 is 13.1. The van der Waals surface area contributed by atoms with Crippen molar-refractivity contribution in [1.29, 1.82) is 0 Å². The molecule has 124 valence electrons. The predicted octanol–water partition coefficient (Wildman–Crippen LogP) is 1.63. The van der Waals surface area contributed by atoms with E-state index in [4.69, 9.17) is 19.6 Å². The summed E-state index contributed by atoms with van der Waals surface area (Å²) in [5.74, 6) is 1.68. The lowest BCUT2D eigenvalue weighted by Crippen LogP contribution is -2.16. The third-order valence-electron chi connectivity index (χ3n) is 3.86. The number of benzene rings is 1. The molecular weight excluding hydrogens is 294 g/mol. The van der Waals surface area contributed by atoms with Crippen LogP contribution in [0.5, 0.6) is 0 Å². The lowest BCUT2D eigenvalue weighted by atomic mass is 10.1. The lowest BCUT2D eigenvalue weighted by molar-refractivity contribution is 0.103. The van der Waals surface area contributed by atoms with E-state index >= 15 is 0 Å². The third kappa shape index (κ3) is 3.96. The Hall–Kier alpha value is -1.76. The Kier molecular flexibility index (Phi) is 5.38. The zero-order valence-electron chi connectivity index (χ0n) is 13.4. The molecule has 1 aliphatic heterocycles. The summed E-state index contributed by atoms with van der Waals surface area (Å²) in [7, 11) is 0. The lowest BCUT2D eigenvalue weighted by Gasteiger charge is -2.14. The highest BCUT2D eigenvalue weighted by atomic mass is 16.5. The second kappa shape index (κ2) is 7.68. The van der Waals surface area contributed by atoms with Crippen LogP contribution in [0.4, 0.5) is 0 Å². The monoisotopic (exact) mass is 317 g/mol. The van der Waals surface area contributed by atoms with Crippen LogP contribution in [0.25, 0.3) is 5.69 Å². The molecule has 0 spiro atoms. The number of rotatable bonds is 5. The van der Waals surface area contributed by atoms with Gasteiger partial charge in [0, 0.05) is 13.0 Å². The highest BCUT2D eigenvalue weighted by Gasteiger charge is 2.23. The number of aliphatic hydroxyl groups excluding tert-OH is 1. The van der Waals surface area contributed by atoms with Crippen molar-refractivity contribution < 1.29 is 14.6 Å². The van der Waals surface area contributed by atoms with E-state index in [1.54, 1.807) is 0 Å². The van der Waals surface area contributed by atoms with Crippen molar-refractivity contribution in [1.82, 2.24) is 14.8 Å². The van der Waals surface area contributed by atoms with Gasteiger partial charge in [-0.25, -0.2) is 9.67 Å². The van der Waals surface area contributed by atoms with E-state index < -0.39 is 0 Å². The first-order valence-corrected chi connectivity index (χ1v) is 8.07. The quantitative estimate of drug-likeness (QED) is 0.908. The maximum Gasteiger partial charge on any atom is 0.151 e. The Bertz CT molecular complexity index is 634. The molecule has 1 N–H and O–H groups in total. The molecule has 6 heteroatoms. The molecule has 0 bridgehead atoms. The topological polar surface area (TPSA) is 69.4 Å². The van der Waals surface area contributed by atoms with Gasteiger partial charge in [-0.3, -0.25) is 0 Å². The van der Waals surface area contributed by atoms with Crippen molar-refractivity contribution >= 4 is 0 Å². The number of ether oxygens (including phenoxy) is 2. The molecule has 2 aromatic rings. The standard InChI is InChI=1S/C17H23N3O3/c1-13-4-2-5-15(10-13)20-17(14-11-22-8-9-23-12-14)18-16(19-20)6-3-7-21/h2,4-5,10,14,21H,3,6-9,11-12H2,1H3. The highest BCUT2D eigenvalue weighted by molar-refractivity contribution is 5.36. The van der Waals surface area contributed by atoms with Gasteiger partial charge in [0.25, 0.3) is 0 Å². The molecule has 23 heavy (non-hydrogen) atoms. The van der Waals surface area contributed by atoms with Gasteiger partial charge in [-0.15, -0.1) is 0 Å². The number of hydrogen-bond acceptors (Lipinski definition) is 5. The minimum absolute atomic E-state index is 0.0633. The summed E-state index contributed by atoms with van der Waals surface area (Å²) in [6.45, 7) is 4.61. The van der Waals surface area contributed by atoms with E-state index in [-0.39, 0.29) is 12.5 Å². The number of aromatic nitrogens is 3. The molecule has 1 aromatic heterocycles. The Balaban J connectivity index is 1.96. The minimum atomic E-state index is 0.0633. The number of hydrogen-bond donors (Lipinski definition) is 1. The van der Waals surface area contributed by atoms with Crippen LogP contribution in [-0.4, -0.2) is 52.9 Å². The molecule has 0 amide bonds. The summed E-state index contributed by atoms with van der Waals surface area (Å²) in [5, 5.41) is 13.7. The van der Waals surface area contributed by atoms with Crippen molar-refractivity contribution in [2.45, 2.75) is 25.7 Å². The molecule has 1 aromatic carbocycles. The SMILES string of the molecule is Cc1cccc(-n2nc(CCCO)nc2C2COCCOC2)c1. The highest BCUT2D eigenvalue weighted by Crippen LogP contribution is 2.21. The molecule has 6 nitrogen and oxygen atoms in total. The summed E-state index contributed by atoms with van der Waals surface area (Å²) >= 11 is 0. The van der Waals surface area contributed by atoms with Crippen LogP contribution < -0.4 is 0 Å². The maximum atomic E-state index is 9.04. The smallest absolute Gasteiger partial charge is 0.151 e. The van der Waals surface area contributed by atoms with Crippen molar-refractivity contribution in [3.63, 3.8) is 0 Å². The summed E-state index contributed by atoms with van der Waals surface area (Å²) in [6, 6.07) is 8.19. The summed E-state index contributed by atoms with van der Waals surface area (Å²) in [6.07, 6.45) is 1.33. The molecule has 0 radical (unpaired) electrons. The Morgan fingerprint density at radius 2 is 2.04 bits per heavy atom. The molecule has 0 saturated carbocycles. The Morgan fingerprint density at radius 3 is 2.74 bits per heavy atom. The number of nitrogens with zero attached hydrogens (tertiary/aromatic N) is 3. The molecule has 2 heterocycles. The fraction of sp³-hybridized carbons (Fsp3) is 0.529. The van der Waals surface area contributed by atoms with Gasteiger partial charge >= 0.3 is 0 Å². The second-order valence-corrected chi connectivity index (χ2v) is 5.81. The predicted molar refractivity (Wildman–Crippen MR) is 85.9 cm³/mol. The van der Waals surface area contributed by atoms with Crippen LogP contribution in [0.1, 0.15) is 29.6 Å². The second-order valence-electron chi connectivity index (χ2n) is 5.81. The fourth-order valence-electron chi connectivity index (χ4n) is 2.69. The molecular formula is C17H23N3O3. The third-order valence-corrected chi connectivity index (χ3v) is 3.86. The molecule has 0 atom stereocenters. The van der Waals surface area contributed by atoms with Gasteiger partial charge in [-0.2, -0.15) is 5.10 Å². The molecule has 1 saturated heterocycles. The van der Waals surface area contributed by atoms with E-state index in [9.17, 15) is 0 Å². The first kappa shape index (κ1) is 16.1. The van der Waals surface area contributed by atoms with Crippen molar-refractivity contribution in [3.05, 3.63) is 41.5 Å². The Labute approximate surface area is 136 Å². The van der Waals surface area contributed by atoms with Gasteiger partial charge in [0.2, 0.25) is 0 Å². The van der Waals surface area contributed by atoms with Gasteiger partial charge in [-0.05, 0) is 31.0 Å². The number of aryl methyl sites for hydroxylation is 2. The summed E-state index contributed by atoms with van der Waals surface area (Å²) in [4.78, 5) is 4.70. The fourth-order valence-corrected chi connectivity index (χ4v) is 2.69. The molecule has 3 rings (SSSR count). The van der Waals surface area contributed by atoms with Crippen molar-refractivity contribution in [2.75, 3.05) is 33.0 Å². The average molecular weight is 317 g/mol. The van der Waals surface area contributed by atoms with E-state index in [1.807, 2.05) is 16.8 Å². The maximum absolute atomic E-state index is 9.04. The van der Waals surface area contributed by atoms with E-state index in [1.165, 1.54) is 5.56 Å². The van der Waals surface area contributed by atoms with Crippen LogP contribution in [-0.2, 0) is 15.9 Å². The van der Waals surface area contributed by atoms with Crippen LogP contribution in [0, 0.1) is 6.92 Å². The van der Waals surface area contributed by atoms with Gasteiger partial charge in [-0.1, -0.05) is 12.1 Å². The van der Waals surface area contributed by atoms with Gasteiger partial charge in [0.05, 0.1) is 38.0 Å². The van der Waals surface area contributed by atoms with Gasteiger partial charge in [0.15, 0.2) is 5.82 Å². The molecule has 0 unspecified atom stereocenters. The first-order valence-electron chi connectivity index (χ1n) is 8.07. The zero-order valence-corrected chi connectivity index (χ0v) is 13.4. The molecule has 1 fully saturated rings. The van der Waals surface area contributed by atoms with Crippen LogP contribution in [0.15, 0.2) is 24.3 Å². The normalized spacial score (nSPS) is 16.4. The van der Waals surface area contributed by atoms with Crippen LogP contribution in [0.2, 0.25) is 0 Å². The molecule has 1 aliphatic rings. The zero-order chi connectivity index (χ0) is 16.1. The van der Waals surface area contributed by atoms with Crippen LogP contribution >= 0.6 is 0 Å². The molecule has 0 aliphatic carbocycles. The largest absolute Gasteiger partial charge is 0.396 e. The first-order chi connectivity index (χ1) is 11.3. The summed E-state index contributed by atoms with van der Waals surface area (Å²) in [5.41, 5.74) is 2.17. The van der Waals surface area contributed by atoms with Gasteiger partial charge < -0.3 is 14.6 Å². The number of aliphatic hydroxyl groups is 1. The van der Waals surface area contributed by atoms with Crippen LogP contribution in [0.3, 0.4) is 0 Å². The average Bonchev–Trinajstić information content (AvgIpc) is 2.79.